The Balaban J connectivity index is 1.60. The van der Waals surface area contributed by atoms with Gasteiger partial charge in [-0.3, -0.25) is 4.79 Å². The van der Waals surface area contributed by atoms with Crippen LogP contribution in [-0.2, 0) is 4.74 Å². The SMILES string of the molecule is O=C1CC(c2ccccc2)Oc2cc(O[C@@H]3O[C@H](CO)[C@@H](O)[C@H](O)[C@H]3O)cc(O)c21. The second kappa shape index (κ2) is 8.21. The van der Waals surface area contributed by atoms with Crippen LogP contribution in [0.15, 0.2) is 42.5 Å². The molecule has 2 aliphatic heterocycles. The largest absolute Gasteiger partial charge is 0.507 e. The molecule has 6 atom stereocenters. The van der Waals surface area contributed by atoms with E-state index in [0.717, 1.165) is 5.56 Å². The minimum atomic E-state index is -1.61. The van der Waals surface area contributed by atoms with Crippen LogP contribution in [0.2, 0.25) is 0 Å². The van der Waals surface area contributed by atoms with Crippen molar-refractivity contribution >= 4 is 5.78 Å². The molecule has 1 fully saturated rings. The summed E-state index contributed by atoms with van der Waals surface area (Å²) < 4.78 is 16.8. The molecule has 2 aliphatic rings. The third-order valence-electron chi connectivity index (χ3n) is 5.25. The molecule has 0 saturated carbocycles. The molecule has 0 aromatic heterocycles. The van der Waals surface area contributed by atoms with Gasteiger partial charge in [0, 0.05) is 12.1 Å². The third-order valence-corrected chi connectivity index (χ3v) is 5.25. The van der Waals surface area contributed by atoms with Gasteiger partial charge in [0.2, 0.25) is 6.29 Å². The number of phenols is 1. The van der Waals surface area contributed by atoms with E-state index in [9.17, 15) is 30.3 Å². The quantitative estimate of drug-likeness (QED) is 0.472. The van der Waals surface area contributed by atoms with E-state index in [4.69, 9.17) is 14.2 Å². The molecular weight excluding hydrogens is 396 g/mol. The predicted octanol–water partition coefficient (Wildman–Crippen LogP) is 0.277. The smallest absolute Gasteiger partial charge is 0.229 e. The lowest BCUT2D eigenvalue weighted by Gasteiger charge is -2.39. The van der Waals surface area contributed by atoms with Crippen molar-refractivity contribution in [3.8, 4) is 17.2 Å². The van der Waals surface area contributed by atoms with Crippen LogP contribution >= 0.6 is 0 Å². The summed E-state index contributed by atoms with van der Waals surface area (Å²) in [5.41, 5.74) is 0.833. The van der Waals surface area contributed by atoms with Gasteiger partial charge in [0.15, 0.2) is 5.78 Å². The summed E-state index contributed by atoms with van der Waals surface area (Å²) in [6.45, 7) is -0.601. The van der Waals surface area contributed by atoms with Gasteiger partial charge in [0.1, 0.15) is 53.3 Å². The zero-order valence-corrected chi connectivity index (χ0v) is 15.8. The Labute approximate surface area is 171 Å². The van der Waals surface area contributed by atoms with Crippen LogP contribution in [0.25, 0.3) is 0 Å². The van der Waals surface area contributed by atoms with E-state index in [1.54, 1.807) is 0 Å². The van der Waals surface area contributed by atoms with E-state index >= 15 is 0 Å². The first kappa shape index (κ1) is 20.6. The molecule has 4 rings (SSSR count). The average Bonchev–Trinajstić information content (AvgIpc) is 2.74. The highest BCUT2D eigenvalue weighted by Crippen LogP contribution is 2.42. The van der Waals surface area contributed by atoms with E-state index in [-0.39, 0.29) is 35.0 Å². The first-order valence-electron chi connectivity index (χ1n) is 9.48. The van der Waals surface area contributed by atoms with Crippen LogP contribution in [0.4, 0.5) is 0 Å². The zero-order valence-electron chi connectivity index (χ0n) is 15.8. The summed E-state index contributed by atoms with van der Waals surface area (Å²) >= 11 is 0. The molecule has 0 amide bonds. The summed E-state index contributed by atoms with van der Waals surface area (Å²) in [4.78, 5) is 12.6. The van der Waals surface area contributed by atoms with Crippen LogP contribution in [0.3, 0.4) is 0 Å². The molecule has 160 valence electrons. The Morgan fingerprint density at radius 2 is 1.77 bits per heavy atom. The Kier molecular flexibility index (Phi) is 5.63. The van der Waals surface area contributed by atoms with Crippen molar-refractivity contribution in [2.24, 2.45) is 0 Å². The number of aromatic hydroxyl groups is 1. The Morgan fingerprint density at radius 3 is 2.47 bits per heavy atom. The monoisotopic (exact) mass is 418 g/mol. The molecule has 1 unspecified atom stereocenters. The van der Waals surface area contributed by atoms with Crippen molar-refractivity contribution in [1.82, 2.24) is 0 Å². The van der Waals surface area contributed by atoms with Gasteiger partial charge in [0.05, 0.1) is 13.0 Å². The number of carbonyl (C=O) groups is 1. The van der Waals surface area contributed by atoms with Crippen LogP contribution in [-0.4, -0.2) is 68.6 Å². The molecule has 2 aromatic carbocycles. The van der Waals surface area contributed by atoms with Gasteiger partial charge >= 0.3 is 0 Å². The van der Waals surface area contributed by atoms with Crippen molar-refractivity contribution in [2.45, 2.75) is 43.2 Å². The molecule has 1 saturated heterocycles. The Morgan fingerprint density at radius 1 is 1.03 bits per heavy atom. The number of benzene rings is 2. The summed E-state index contributed by atoms with van der Waals surface area (Å²) in [7, 11) is 0. The minimum absolute atomic E-state index is 0.0112. The second-order valence-electron chi connectivity index (χ2n) is 7.28. The van der Waals surface area contributed by atoms with Crippen molar-refractivity contribution in [2.75, 3.05) is 6.61 Å². The van der Waals surface area contributed by atoms with Gasteiger partial charge < -0.3 is 39.7 Å². The number of aliphatic hydroxyl groups excluding tert-OH is 4. The minimum Gasteiger partial charge on any atom is -0.507 e. The van der Waals surface area contributed by atoms with Crippen LogP contribution in [0, 0.1) is 0 Å². The summed E-state index contributed by atoms with van der Waals surface area (Å²) in [6.07, 6.45) is -7.77. The van der Waals surface area contributed by atoms with E-state index in [0.29, 0.717) is 0 Å². The van der Waals surface area contributed by atoms with Gasteiger partial charge in [-0.1, -0.05) is 30.3 Å². The number of phenolic OH excluding ortho intramolecular Hbond substituents is 1. The number of Topliss-reactive ketones (excluding diaryl/α,β-unsaturated/α-hetero) is 1. The molecule has 9 heteroatoms. The number of ketones is 1. The van der Waals surface area contributed by atoms with E-state index in [1.165, 1.54) is 12.1 Å². The average molecular weight is 418 g/mol. The molecule has 2 heterocycles. The van der Waals surface area contributed by atoms with Gasteiger partial charge in [-0.2, -0.15) is 0 Å². The summed E-state index contributed by atoms with van der Waals surface area (Å²) in [6, 6.07) is 11.7. The van der Waals surface area contributed by atoms with Crippen LogP contribution in [0.5, 0.6) is 17.2 Å². The standard InChI is InChI=1S/C21H22O9/c22-9-16-18(25)19(26)20(27)21(30-16)28-11-6-12(23)17-13(24)8-14(29-15(17)7-11)10-4-2-1-3-5-10/h1-7,14,16,18-23,25-27H,8-9H2/t14?,16-,18-,19+,20-,21-/m1/s1. The Hall–Kier alpha value is -2.69. The number of ether oxygens (including phenoxy) is 3. The molecule has 2 aromatic rings. The van der Waals surface area contributed by atoms with Gasteiger partial charge in [-0.05, 0) is 5.56 Å². The maximum atomic E-state index is 12.6. The lowest BCUT2D eigenvalue weighted by molar-refractivity contribution is -0.277. The van der Waals surface area contributed by atoms with Gasteiger partial charge in [-0.25, -0.2) is 0 Å². The molecule has 0 bridgehead atoms. The van der Waals surface area contributed by atoms with Crippen molar-refractivity contribution in [3.05, 3.63) is 53.6 Å². The molecular formula is C21H22O9. The van der Waals surface area contributed by atoms with Crippen molar-refractivity contribution in [1.29, 1.82) is 0 Å². The lowest BCUT2D eigenvalue weighted by atomic mass is 9.95. The second-order valence-corrected chi connectivity index (χ2v) is 7.28. The van der Waals surface area contributed by atoms with Crippen molar-refractivity contribution < 1.29 is 44.5 Å². The zero-order chi connectivity index (χ0) is 21.4. The highest BCUT2D eigenvalue weighted by Gasteiger charge is 2.45. The number of rotatable bonds is 4. The molecule has 0 spiro atoms. The molecule has 9 nitrogen and oxygen atoms in total. The van der Waals surface area contributed by atoms with Gasteiger partial charge in [-0.15, -0.1) is 0 Å². The van der Waals surface area contributed by atoms with E-state index in [1.807, 2.05) is 30.3 Å². The normalized spacial score (nSPS) is 31.0. The molecule has 0 aliphatic carbocycles. The van der Waals surface area contributed by atoms with Crippen molar-refractivity contribution in [3.63, 3.8) is 0 Å². The predicted molar refractivity (Wildman–Crippen MR) is 101 cm³/mol. The Bertz CT molecular complexity index is 914. The maximum Gasteiger partial charge on any atom is 0.229 e. The van der Waals surface area contributed by atoms with E-state index in [2.05, 4.69) is 0 Å². The first-order chi connectivity index (χ1) is 14.4. The fourth-order valence-electron chi connectivity index (χ4n) is 3.64. The maximum absolute atomic E-state index is 12.6. The summed E-state index contributed by atoms with van der Waals surface area (Å²) in [5, 5.41) is 49.5. The fraction of sp³-hybridized carbons (Fsp3) is 0.381. The number of hydrogen-bond donors (Lipinski definition) is 5. The molecule has 0 radical (unpaired) electrons. The third kappa shape index (κ3) is 3.73. The topological polar surface area (TPSA) is 146 Å². The highest BCUT2D eigenvalue weighted by molar-refractivity contribution is 6.02. The number of fused-ring (bicyclic) bond motifs is 1. The van der Waals surface area contributed by atoms with Crippen LogP contribution in [0.1, 0.15) is 28.4 Å². The highest BCUT2D eigenvalue weighted by atomic mass is 16.7. The van der Waals surface area contributed by atoms with E-state index < -0.39 is 43.4 Å². The van der Waals surface area contributed by atoms with Gasteiger partial charge in [0.25, 0.3) is 0 Å². The number of hydrogen-bond acceptors (Lipinski definition) is 9. The molecule has 5 N–H and O–H groups in total. The molecule has 30 heavy (non-hydrogen) atoms. The lowest BCUT2D eigenvalue weighted by Crippen LogP contribution is -2.60. The number of carbonyl (C=O) groups excluding carboxylic acids is 1. The fourth-order valence-corrected chi connectivity index (χ4v) is 3.64. The summed E-state index contributed by atoms with van der Waals surface area (Å²) in [5.74, 6) is -0.526. The first-order valence-corrected chi connectivity index (χ1v) is 9.48. The van der Waals surface area contributed by atoms with Crippen LogP contribution < -0.4 is 9.47 Å². The number of aliphatic hydroxyl groups is 4.